The first-order valence-corrected chi connectivity index (χ1v) is 8.14. The molecule has 2 rings (SSSR count). The highest BCUT2D eigenvalue weighted by atomic mass is 15.2. The van der Waals surface area contributed by atoms with Crippen LogP contribution in [0.2, 0.25) is 0 Å². The van der Waals surface area contributed by atoms with Crippen molar-refractivity contribution >= 4 is 0 Å². The molecule has 1 aliphatic rings. The Morgan fingerprint density at radius 3 is 2.05 bits per heavy atom. The van der Waals surface area contributed by atoms with Gasteiger partial charge in [0, 0.05) is 18.6 Å². The highest BCUT2D eigenvalue weighted by Gasteiger charge is 2.29. The van der Waals surface area contributed by atoms with Crippen molar-refractivity contribution in [1.29, 1.82) is 0 Å². The van der Waals surface area contributed by atoms with Gasteiger partial charge in [0.25, 0.3) is 0 Å². The Hall–Kier alpha value is -0.820. The number of benzene rings is 1. The van der Waals surface area contributed by atoms with Crippen LogP contribution in [-0.4, -0.2) is 17.0 Å². The Labute approximate surface area is 119 Å². The van der Waals surface area contributed by atoms with E-state index >= 15 is 0 Å². The molecule has 1 aromatic rings. The van der Waals surface area contributed by atoms with Crippen molar-refractivity contribution in [3.8, 4) is 0 Å². The van der Waals surface area contributed by atoms with Crippen molar-refractivity contribution in [2.45, 2.75) is 77.4 Å². The minimum atomic E-state index is 0.815. The Kier molecular flexibility index (Phi) is 5.91. The van der Waals surface area contributed by atoms with Crippen molar-refractivity contribution in [2.24, 2.45) is 0 Å². The van der Waals surface area contributed by atoms with Gasteiger partial charge in [0.05, 0.1) is 0 Å². The predicted octanol–water partition coefficient (Wildman–Crippen LogP) is 5.01. The van der Waals surface area contributed by atoms with Gasteiger partial charge in [-0.1, -0.05) is 63.4 Å². The SMILES string of the molecule is CCC[C@H]1CCC[C@H](CCC)N1Cc1ccccc1. The lowest BCUT2D eigenvalue weighted by Gasteiger charge is -2.42. The molecule has 0 saturated carbocycles. The van der Waals surface area contributed by atoms with Gasteiger partial charge in [-0.15, -0.1) is 0 Å². The molecular weight excluding hydrogens is 230 g/mol. The van der Waals surface area contributed by atoms with Crippen LogP contribution in [0.5, 0.6) is 0 Å². The van der Waals surface area contributed by atoms with Gasteiger partial charge < -0.3 is 0 Å². The number of hydrogen-bond donors (Lipinski definition) is 0. The molecule has 1 aliphatic heterocycles. The van der Waals surface area contributed by atoms with E-state index in [1.165, 1.54) is 50.5 Å². The third kappa shape index (κ3) is 4.07. The van der Waals surface area contributed by atoms with Crippen LogP contribution >= 0.6 is 0 Å². The lowest BCUT2D eigenvalue weighted by Crippen LogP contribution is -2.45. The van der Waals surface area contributed by atoms with Gasteiger partial charge >= 0.3 is 0 Å². The van der Waals surface area contributed by atoms with Gasteiger partial charge in [-0.2, -0.15) is 0 Å². The van der Waals surface area contributed by atoms with E-state index in [1.807, 2.05) is 0 Å². The number of nitrogens with zero attached hydrogens (tertiary/aromatic N) is 1. The second-order valence-electron chi connectivity index (χ2n) is 5.97. The molecule has 1 heterocycles. The topological polar surface area (TPSA) is 3.24 Å². The zero-order valence-corrected chi connectivity index (χ0v) is 12.6. The Bertz CT molecular complexity index is 328. The van der Waals surface area contributed by atoms with Crippen LogP contribution in [0.25, 0.3) is 0 Å². The largest absolute Gasteiger partial charge is 0.293 e. The molecule has 1 fully saturated rings. The van der Waals surface area contributed by atoms with E-state index in [9.17, 15) is 0 Å². The minimum Gasteiger partial charge on any atom is -0.293 e. The zero-order valence-electron chi connectivity index (χ0n) is 12.6. The Morgan fingerprint density at radius 1 is 0.947 bits per heavy atom. The van der Waals surface area contributed by atoms with Gasteiger partial charge in [0.1, 0.15) is 0 Å². The lowest BCUT2D eigenvalue weighted by molar-refractivity contribution is 0.0633. The van der Waals surface area contributed by atoms with E-state index in [2.05, 4.69) is 49.1 Å². The van der Waals surface area contributed by atoms with E-state index in [4.69, 9.17) is 0 Å². The number of hydrogen-bond acceptors (Lipinski definition) is 1. The van der Waals surface area contributed by atoms with Gasteiger partial charge in [-0.05, 0) is 31.2 Å². The molecule has 0 aliphatic carbocycles. The van der Waals surface area contributed by atoms with E-state index < -0.39 is 0 Å². The molecule has 1 heteroatoms. The maximum absolute atomic E-state index is 2.81. The van der Waals surface area contributed by atoms with Gasteiger partial charge in [-0.3, -0.25) is 4.90 Å². The monoisotopic (exact) mass is 259 g/mol. The van der Waals surface area contributed by atoms with Crippen LogP contribution in [0.3, 0.4) is 0 Å². The predicted molar refractivity (Wildman–Crippen MR) is 83.2 cm³/mol. The summed E-state index contributed by atoms with van der Waals surface area (Å²) in [6, 6.07) is 12.6. The van der Waals surface area contributed by atoms with Crippen LogP contribution in [0.1, 0.15) is 64.4 Å². The summed E-state index contributed by atoms with van der Waals surface area (Å²) in [6.07, 6.45) is 9.60. The highest BCUT2D eigenvalue weighted by Crippen LogP contribution is 2.29. The summed E-state index contributed by atoms with van der Waals surface area (Å²) in [5.74, 6) is 0. The molecule has 0 unspecified atom stereocenters. The molecule has 0 aromatic heterocycles. The average molecular weight is 259 g/mol. The van der Waals surface area contributed by atoms with E-state index in [0.29, 0.717) is 0 Å². The maximum atomic E-state index is 2.81. The summed E-state index contributed by atoms with van der Waals surface area (Å²) >= 11 is 0. The third-order valence-corrected chi connectivity index (χ3v) is 4.46. The summed E-state index contributed by atoms with van der Waals surface area (Å²) in [6.45, 7) is 5.80. The highest BCUT2D eigenvalue weighted by molar-refractivity contribution is 5.15. The molecular formula is C18H29N. The summed E-state index contributed by atoms with van der Waals surface area (Å²) in [7, 11) is 0. The fraction of sp³-hybridized carbons (Fsp3) is 0.667. The van der Waals surface area contributed by atoms with Crippen LogP contribution in [0, 0.1) is 0 Å². The molecule has 2 atom stereocenters. The van der Waals surface area contributed by atoms with Gasteiger partial charge in [0.15, 0.2) is 0 Å². The minimum absolute atomic E-state index is 0.815. The number of likely N-dealkylation sites (tertiary alicyclic amines) is 1. The quantitative estimate of drug-likeness (QED) is 0.694. The molecule has 0 spiro atoms. The van der Waals surface area contributed by atoms with Crippen molar-refractivity contribution in [1.82, 2.24) is 4.90 Å². The van der Waals surface area contributed by atoms with Crippen LogP contribution in [0.15, 0.2) is 30.3 Å². The summed E-state index contributed by atoms with van der Waals surface area (Å²) in [4.78, 5) is 2.81. The molecule has 1 nitrogen and oxygen atoms in total. The fourth-order valence-corrected chi connectivity index (χ4v) is 3.56. The van der Waals surface area contributed by atoms with E-state index in [0.717, 1.165) is 18.6 Å². The van der Waals surface area contributed by atoms with Crippen LogP contribution < -0.4 is 0 Å². The molecule has 0 N–H and O–H groups in total. The molecule has 1 aromatic carbocycles. The van der Waals surface area contributed by atoms with Crippen molar-refractivity contribution < 1.29 is 0 Å². The van der Waals surface area contributed by atoms with Crippen LogP contribution in [-0.2, 0) is 6.54 Å². The second kappa shape index (κ2) is 7.69. The molecule has 0 bridgehead atoms. The van der Waals surface area contributed by atoms with E-state index in [-0.39, 0.29) is 0 Å². The molecule has 0 radical (unpaired) electrons. The third-order valence-electron chi connectivity index (χ3n) is 4.46. The number of piperidine rings is 1. The number of rotatable bonds is 6. The standard InChI is InChI=1S/C18H29N/c1-3-9-17-13-8-14-18(10-4-2)19(17)15-16-11-6-5-7-12-16/h5-7,11-12,17-18H,3-4,8-10,13-15H2,1-2H3/t17-,18-/m0/s1. The maximum Gasteiger partial charge on any atom is 0.0239 e. The van der Waals surface area contributed by atoms with Crippen molar-refractivity contribution in [2.75, 3.05) is 0 Å². The molecule has 106 valence electrons. The average Bonchev–Trinajstić information content (AvgIpc) is 2.44. The molecule has 0 amide bonds. The molecule has 19 heavy (non-hydrogen) atoms. The van der Waals surface area contributed by atoms with Crippen LogP contribution in [0.4, 0.5) is 0 Å². The van der Waals surface area contributed by atoms with Gasteiger partial charge in [0.2, 0.25) is 0 Å². The smallest absolute Gasteiger partial charge is 0.0239 e. The normalized spacial score (nSPS) is 24.5. The first-order chi connectivity index (χ1) is 9.35. The zero-order chi connectivity index (χ0) is 13.5. The first kappa shape index (κ1) is 14.6. The fourth-order valence-electron chi connectivity index (χ4n) is 3.56. The summed E-state index contributed by atoms with van der Waals surface area (Å²) in [5, 5.41) is 0. The first-order valence-electron chi connectivity index (χ1n) is 8.14. The summed E-state index contributed by atoms with van der Waals surface area (Å²) < 4.78 is 0. The van der Waals surface area contributed by atoms with E-state index in [1.54, 1.807) is 0 Å². The van der Waals surface area contributed by atoms with Crippen molar-refractivity contribution in [3.05, 3.63) is 35.9 Å². The summed E-state index contributed by atoms with van der Waals surface area (Å²) in [5.41, 5.74) is 1.48. The molecule has 1 saturated heterocycles. The second-order valence-corrected chi connectivity index (χ2v) is 5.97. The van der Waals surface area contributed by atoms with Gasteiger partial charge in [-0.25, -0.2) is 0 Å². The Balaban J connectivity index is 2.08. The lowest BCUT2D eigenvalue weighted by atomic mass is 9.90. The van der Waals surface area contributed by atoms with Crippen molar-refractivity contribution in [3.63, 3.8) is 0 Å². The Morgan fingerprint density at radius 2 is 1.53 bits per heavy atom.